The van der Waals surface area contributed by atoms with E-state index in [1.165, 1.54) is 0 Å². The van der Waals surface area contributed by atoms with Gasteiger partial charge in [-0.15, -0.1) is 0 Å². The molecule has 22 nitrogen and oxygen atoms in total. The quantitative estimate of drug-likeness (QED) is 0.0633. The number of amides is 9. The van der Waals surface area contributed by atoms with Gasteiger partial charge in [-0.2, -0.15) is 0 Å². The molecular formula is C28H47N9O13. The van der Waals surface area contributed by atoms with Crippen molar-refractivity contribution >= 4 is 53.2 Å². The molecule has 0 spiro atoms. The number of hydroxylamine groups is 6. The zero-order chi connectivity index (χ0) is 38.0. The van der Waals surface area contributed by atoms with Crippen molar-refractivity contribution in [1.82, 2.24) is 47.1 Å². The van der Waals surface area contributed by atoms with Crippen LogP contribution in [0.5, 0.6) is 0 Å². The van der Waals surface area contributed by atoms with Gasteiger partial charge in [0.15, 0.2) is 0 Å². The Bertz CT molecular complexity index is 1250. The van der Waals surface area contributed by atoms with Crippen molar-refractivity contribution in [3.8, 4) is 0 Å². The summed E-state index contributed by atoms with van der Waals surface area (Å²) in [7, 11) is 0. The standard InChI is InChI=1S/C28H47N9O13/c1-16(39)35(48)10-4-7-19-26(45)32-20(8-5-11-36(49)17(2)40)27(46)33-21(9-6-12-37(50)18(3)41)28(47)34-22(15-38)25(44)30-13-23(42)29-14-24(43)31-19/h19-22,38,48-50H,4-15H2,1-3H3,(H,29,42)(H,30,44)(H,31,43)(H,32,45)(H,33,46)(H,34,47). The van der Waals surface area contributed by atoms with Crippen molar-refractivity contribution in [3.05, 3.63) is 0 Å². The molecule has 50 heavy (non-hydrogen) atoms. The van der Waals surface area contributed by atoms with Gasteiger partial charge < -0.3 is 37.0 Å². The molecule has 0 saturated carbocycles. The van der Waals surface area contributed by atoms with Gasteiger partial charge in [0, 0.05) is 40.4 Å². The number of aliphatic hydroxyl groups excluding tert-OH is 1. The molecule has 0 aromatic rings. The molecule has 1 aliphatic rings. The Morgan fingerprint density at radius 2 is 0.880 bits per heavy atom. The Balaban J connectivity index is 3.47. The van der Waals surface area contributed by atoms with E-state index in [9.17, 15) is 63.9 Å². The average molecular weight is 718 g/mol. The monoisotopic (exact) mass is 717 g/mol. The Hall–Kier alpha value is -4.93. The average Bonchev–Trinajstić information content (AvgIpc) is 3.05. The Morgan fingerprint density at radius 1 is 0.540 bits per heavy atom. The number of carbonyl (C=O) groups excluding carboxylic acids is 9. The van der Waals surface area contributed by atoms with E-state index in [0.29, 0.717) is 15.2 Å². The first-order valence-electron chi connectivity index (χ1n) is 15.7. The number of hydrogen-bond acceptors (Lipinski definition) is 13. The maximum absolute atomic E-state index is 13.6. The van der Waals surface area contributed by atoms with Crippen LogP contribution in [0.25, 0.3) is 0 Å². The minimum absolute atomic E-state index is 0.0157. The molecule has 0 aromatic heterocycles. The molecular weight excluding hydrogens is 670 g/mol. The fraction of sp³-hybridized carbons (Fsp3) is 0.679. The van der Waals surface area contributed by atoms with Crippen molar-refractivity contribution < 1.29 is 63.9 Å². The van der Waals surface area contributed by atoms with E-state index in [0.717, 1.165) is 20.8 Å². The predicted molar refractivity (Wildman–Crippen MR) is 166 cm³/mol. The summed E-state index contributed by atoms with van der Waals surface area (Å²) in [4.78, 5) is 112. The second kappa shape index (κ2) is 21.9. The third kappa shape index (κ3) is 16.0. The molecule has 1 fully saturated rings. The van der Waals surface area contributed by atoms with E-state index < -0.39 is 97.0 Å². The van der Waals surface area contributed by atoms with Gasteiger partial charge in [0.2, 0.25) is 53.2 Å². The summed E-state index contributed by atoms with van der Waals surface area (Å²) in [5.74, 6) is -7.65. The first kappa shape index (κ1) is 43.1. The SMILES string of the molecule is CC(=O)N(O)CCCC1NC(=O)CNC(=O)CNC(=O)C(CO)NC(=O)C(CCCN(O)C(C)=O)NC(=O)C(CCCN(O)C(C)=O)NC1=O. The first-order chi connectivity index (χ1) is 23.5. The molecule has 1 aliphatic heterocycles. The van der Waals surface area contributed by atoms with Gasteiger partial charge >= 0.3 is 0 Å². The molecule has 1 saturated heterocycles. The van der Waals surface area contributed by atoms with Gasteiger partial charge in [0.1, 0.15) is 24.2 Å². The van der Waals surface area contributed by atoms with E-state index >= 15 is 0 Å². The molecule has 0 radical (unpaired) electrons. The summed E-state index contributed by atoms with van der Waals surface area (Å²) in [6, 6.07) is -5.92. The highest BCUT2D eigenvalue weighted by Crippen LogP contribution is 2.08. The largest absolute Gasteiger partial charge is 0.394 e. The molecule has 1 rings (SSSR count). The number of nitrogens with one attached hydrogen (secondary N) is 6. The minimum Gasteiger partial charge on any atom is -0.394 e. The molecule has 9 amide bonds. The second-order valence-corrected chi connectivity index (χ2v) is 11.3. The maximum atomic E-state index is 13.6. The summed E-state index contributed by atoms with van der Waals surface area (Å²) in [5.41, 5.74) is 0. The maximum Gasteiger partial charge on any atom is 0.245 e. The predicted octanol–water partition coefficient (Wildman–Crippen LogP) is -4.78. The molecule has 4 atom stereocenters. The lowest BCUT2D eigenvalue weighted by Crippen LogP contribution is -2.59. The number of hydrogen-bond donors (Lipinski definition) is 10. The second-order valence-electron chi connectivity index (χ2n) is 11.3. The van der Waals surface area contributed by atoms with Crippen LogP contribution in [0.4, 0.5) is 0 Å². The van der Waals surface area contributed by atoms with Crippen LogP contribution in [0.15, 0.2) is 0 Å². The summed E-state index contributed by atoms with van der Waals surface area (Å²) in [6.45, 7) is 0.259. The highest BCUT2D eigenvalue weighted by Gasteiger charge is 2.32. The van der Waals surface area contributed by atoms with Crippen molar-refractivity contribution in [3.63, 3.8) is 0 Å². The van der Waals surface area contributed by atoms with Gasteiger partial charge in [0.25, 0.3) is 0 Å². The third-order valence-electron chi connectivity index (χ3n) is 7.28. The summed E-state index contributed by atoms with van der Waals surface area (Å²) >= 11 is 0. The van der Waals surface area contributed by atoms with Crippen LogP contribution < -0.4 is 31.9 Å². The van der Waals surface area contributed by atoms with Crippen LogP contribution >= 0.6 is 0 Å². The number of rotatable bonds is 13. The third-order valence-corrected chi connectivity index (χ3v) is 7.28. The number of carbonyl (C=O) groups is 9. The van der Waals surface area contributed by atoms with Crippen molar-refractivity contribution in [2.45, 2.75) is 83.5 Å². The molecule has 10 N–H and O–H groups in total. The fourth-order valence-electron chi connectivity index (χ4n) is 4.40. The lowest BCUT2D eigenvalue weighted by molar-refractivity contribution is -0.163. The molecule has 0 aliphatic carbocycles. The Labute approximate surface area is 287 Å². The van der Waals surface area contributed by atoms with Crippen LogP contribution in [0.1, 0.15) is 59.3 Å². The van der Waals surface area contributed by atoms with E-state index in [1.807, 2.05) is 0 Å². The van der Waals surface area contributed by atoms with Crippen LogP contribution in [0.2, 0.25) is 0 Å². The zero-order valence-corrected chi connectivity index (χ0v) is 28.1. The van der Waals surface area contributed by atoms with Gasteiger partial charge in [-0.3, -0.25) is 58.8 Å². The van der Waals surface area contributed by atoms with Crippen molar-refractivity contribution in [1.29, 1.82) is 0 Å². The Morgan fingerprint density at radius 3 is 1.24 bits per heavy atom. The molecule has 4 unspecified atom stereocenters. The van der Waals surface area contributed by atoms with E-state index in [4.69, 9.17) is 0 Å². The van der Waals surface area contributed by atoms with Gasteiger partial charge in [-0.05, 0) is 38.5 Å². The highest BCUT2D eigenvalue weighted by molar-refractivity contribution is 5.97. The summed E-state index contributed by atoms with van der Waals surface area (Å²) in [5, 5.41) is 54.1. The van der Waals surface area contributed by atoms with Crippen molar-refractivity contribution in [2.75, 3.05) is 39.3 Å². The van der Waals surface area contributed by atoms with Gasteiger partial charge in [0.05, 0.1) is 19.7 Å². The van der Waals surface area contributed by atoms with Crippen LogP contribution in [0, 0.1) is 0 Å². The zero-order valence-electron chi connectivity index (χ0n) is 28.1. The van der Waals surface area contributed by atoms with Crippen LogP contribution in [-0.4, -0.2) is 153 Å². The van der Waals surface area contributed by atoms with E-state index in [-0.39, 0.29) is 58.2 Å². The van der Waals surface area contributed by atoms with Crippen LogP contribution in [-0.2, 0) is 43.2 Å². The summed E-state index contributed by atoms with van der Waals surface area (Å²) in [6.07, 6.45) is -0.758. The normalized spacial score (nSPS) is 21.2. The smallest absolute Gasteiger partial charge is 0.245 e. The van der Waals surface area contributed by atoms with Gasteiger partial charge in [-0.1, -0.05) is 0 Å². The fourth-order valence-corrected chi connectivity index (χ4v) is 4.40. The first-order valence-corrected chi connectivity index (χ1v) is 15.7. The van der Waals surface area contributed by atoms with E-state index in [2.05, 4.69) is 31.9 Å². The topological polar surface area (TPSA) is 316 Å². The molecule has 0 bridgehead atoms. The minimum atomic E-state index is -1.60. The molecule has 0 aromatic carbocycles. The van der Waals surface area contributed by atoms with Gasteiger partial charge in [-0.25, -0.2) is 15.2 Å². The summed E-state index contributed by atoms with van der Waals surface area (Å²) < 4.78 is 0. The van der Waals surface area contributed by atoms with Crippen LogP contribution in [0.3, 0.4) is 0 Å². The lowest BCUT2D eigenvalue weighted by Gasteiger charge is -2.27. The molecule has 282 valence electrons. The lowest BCUT2D eigenvalue weighted by atomic mass is 10.0. The van der Waals surface area contributed by atoms with Crippen molar-refractivity contribution in [2.24, 2.45) is 0 Å². The number of nitrogens with zero attached hydrogens (tertiary/aromatic N) is 3. The molecule has 22 heteroatoms. The Kier molecular flexibility index (Phi) is 18.9. The highest BCUT2D eigenvalue weighted by atomic mass is 16.5. The number of aliphatic hydroxyl groups is 1. The molecule has 1 heterocycles. The van der Waals surface area contributed by atoms with E-state index in [1.54, 1.807) is 0 Å².